The molecule has 0 aliphatic heterocycles. The van der Waals surface area contributed by atoms with Gasteiger partial charge in [0, 0.05) is 18.5 Å². The van der Waals surface area contributed by atoms with Crippen LogP contribution in [0.2, 0.25) is 0 Å². The summed E-state index contributed by atoms with van der Waals surface area (Å²) in [4.78, 5) is 7.82. The van der Waals surface area contributed by atoms with Crippen molar-refractivity contribution in [3.63, 3.8) is 0 Å². The maximum absolute atomic E-state index is 4.43. The first-order valence-corrected chi connectivity index (χ1v) is 6.95. The highest BCUT2D eigenvalue weighted by atomic mass is 14.9. The van der Waals surface area contributed by atoms with Gasteiger partial charge in [-0.25, -0.2) is 4.98 Å². The summed E-state index contributed by atoms with van der Waals surface area (Å²) in [7, 11) is 1.95. The Morgan fingerprint density at radius 2 is 1.90 bits per heavy atom. The number of rotatable bonds is 4. The largest absolute Gasteiger partial charge is 0.342 e. The summed E-state index contributed by atoms with van der Waals surface area (Å²) in [6, 6.07) is 13.1. The van der Waals surface area contributed by atoms with E-state index in [0.717, 1.165) is 24.5 Å². The second-order valence-electron chi connectivity index (χ2n) is 5.16. The van der Waals surface area contributed by atoms with E-state index in [1.54, 1.807) is 0 Å². The first kappa shape index (κ1) is 12.9. The molecular weight excluding hydrogens is 246 g/mol. The molecule has 0 aliphatic carbocycles. The van der Waals surface area contributed by atoms with E-state index in [4.69, 9.17) is 0 Å². The standard InChI is InChI=1S/C17H19N3/c1-12-3-4-14-10-15(6-5-13(14)9-12)16-11-19-17(20-16)7-8-18-2/h3-6,9-11,18H,7-8H2,1-2H3,(H,19,20). The van der Waals surface area contributed by atoms with Crippen molar-refractivity contribution in [2.24, 2.45) is 0 Å². The Labute approximate surface area is 119 Å². The number of nitrogens with one attached hydrogen (secondary N) is 2. The van der Waals surface area contributed by atoms with Gasteiger partial charge in [-0.1, -0.05) is 35.9 Å². The van der Waals surface area contributed by atoms with Crippen LogP contribution in [0.3, 0.4) is 0 Å². The van der Waals surface area contributed by atoms with Crippen LogP contribution < -0.4 is 5.32 Å². The minimum atomic E-state index is 0.920. The Kier molecular flexibility index (Phi) is 3.52. The van der Waals surface area contributed by atoms with Gasteiger partial charge in [-0.3, -0.25) is 0 Å². The number of aromatic nitrogens is 2. The lowest BCUT2D eigenvalue weighted by Crippen LogP contribution is -2.10. The Hall–Kier alpha value is -2.13. The number of hydrogen-bond acceptors (Lipinski definition) is 2. The number of likely N-dealkylation sites (N-methyl/N-ethyl adjacent to an activating group) is 1. The lowest BCUT2D eigenvalue weighted by molar-refractivity contribution is 0.764. The molecule has 0 amide bonds. The lowest BCUT2D eigenvalue weighted by Gasteiger charge is -2.03. The van der Waals surface area contributed by atoms with Gasteiger partial charge in [-0.2, -0.15) is 0 Å². The molecule has 0 bridgehead atoms. The van der Waals surface area contributed by atoms with Crippen molar-refractivity contribution in [1.82, 2.24) is 15.3 Å². The highest BCUT2D eigenvalue weighted by Gasteiger charge is 2.04. The summed E-state index contributed by atoms with van der Waals surface area (Å²) >= 11 is 0. The van der Waals surface area contributed by atoms with Crippen molar-refractivity contribution in [3.05, 3.63) is 54.0 Å². The first-order chi connectivity index (χ1) is 9.76. The fourth-order valence-electron chi connectivity index (χ4n) is 2.41. The van der Waals surface area contributed by atoms with Gasteiger partial charge in [-0.15, -0.1) is 0 Å². The van der Waals surface area contributed by atoms with Gasteiger partial charge in [0.1, 0.15) is 5.82 Å². The average molecular weight is 265 g/mol. The topological polar surface area (TPSA) is 40.7 Å². The van der Waals surface area contributed by atoms with Gasteiger partial charge < -0.3 is 10.3 Å². The summed E-state index contributed by atoms with van der Waals surface area (Å²) in [5, 5.41) is 5.68. The molecule has 2 aromatic carbocycles. The molecule has 0 saturated heterocycles. The predicted molar refractivity (Wildman–Crippen MR) is 83.9 cm³/mol. The van der Waals surface area contributed by atoms with Gasteiger partial charge >= 0.3 is 0 Å². The molecule has 1 aromatic heterocycles. The Bertz CT molecular complexity index is 728. The van der Waals surface area contributed by atoms with Gasteiger partial charge in [0.25, 0.3) is 0 Å². The molecule has 3 heteroatoms. The fourth-order valence-corrected chi connectivity index (χ4v) is 2.41. The Morgan fingerprint density at radius 3 is 2.75 bits per heavy atom. The molecule has 0 saturated carbocycles. The molecule has 0 radical (unpaired) electrons. The molecule has 1 heterocycles. The van der Waals surface area contributed by atoms with Crippen LogP contribution in [0.5, 0.6) is 0 Å². The summed E-state index contributed by atoms with van der Waals surface area (Å²) in [5.41, 5.74) is 3.56. The van der Waals surface area contributed by atoms with E-state index in [0.29, 0.717) is 0 Å². The van der Waals surface area contributed by atoms with Crippen LogP contribution in [0, 0.1) is 6.92 Å². The van der Waals surface area contributed by atoms with Crippen molar-refractivity contribution in [2.45, 2.75) is 13.3 Å². The Morgan fingerprint density at radius 1 is 1.10 bits per heavy atom. The van der Waals surface area contributed by atoms with Gasteiger partial charge in [0.15, 0.2) is 0 Å². The second kappa shape index (κ2) is 5.47. The third-order valence-electron chi connectivity index (χ3n) is 3.55. The number of aromatic amines is 1. The van der Waals surface area contributed by atoms with Crippen molar-refractivity contribution >= 4 is 10.8 Å². The number of fused-ring (bicyclic) bond motifs is 1. The number of H-pyrrole nitrogens is 1. The SMILES string of the molecule is CNCCc1ncc(-c2ccc3cc(C)ccc3c2)[nH]1. The fraction of sp³-hybridized carbons (Fsp3) is 0.235. The molecule has 0 atom stereocenters. The van der Waals surface area contributed by atoms with Crippen LogP contribution in [0.4, 0.5) is 0 Å². The number of aryl methyl sites for hydroxylation is 1. The summed E-state index contributed by atoms with van der Waals surface area (Å²) in [6.45, 7) is 3.06. The summed E-state index contributed by atoms with van der Waals surface area (Å²) in [6.07, 6.45) is 2.84. The molecule has 0 fully saturated rings. The quantitative estimate of drug-likeness (QED) is 0.760. The monoisotopic (exact) mass is 265 g/mol. The zero-order valence-corrected chi connectivity index (χ0v) is 11.9. The minimum Gasteiger partial charge on any atom is -0.342 e. The summed E-state index contributed by atoms with van der Waals surface area (Å²) in [5.74, 6) is 1.03. The van der Waals surface area contributed by atoms with Crippen LogP contribution in [-0.4, -0.2) is 23.6 Å². The highest BCUT2D eigenvalue weighted by Crippen LogP contribution is 2.24. The van der Waals surface area contributed by atoms with E-state index in [1.165, 1.54) is 21.9 Å². The van der Waals surface area contributed by atoms with Crippen molar-refractivity contribution in [1.29, 1.82) is 0 Å². The van der Waals surface area contributed by atoms with Crippen LogP contribution in [0.15, 0.2) is 42.6 Å². The number of imidazole rings is 1. The van der Waals surface area contributed by atoms with Crippen molar-refractivity contribution < 1.29 is 0 Å². The molecule has 3 nitrogen and oxygen atoms in total. The molecule has 0 aliphatic rings. The molecule has 20 heavy (non-hydrogen) atoms. The molecular formula is C17H19N3. The smallest absolute Gasteiger partial charge is 0.107 e. The molecule has 0 unspecified atom stereocenters. The predicted octanol–water partition coefficient (Wildman–Crippen LogP) is 3.30. The van der Waals surface area contributed by atoms with Crippen LogP contribution in [0.1, 0.15) is 11.4 Å². The zero-order valence-electron chi connectivity index (χ0n) is 11.9. The lowest BCUT2D eigenvalue weighted by atomic mass is 10.0. The van der Waals surface area contributed by atoms with Gasteiger partial charge in [-0.05, 0) is 30.8 Å². The van der Waals surface area contributed by atoms with E-state index in [-0.39, 0.29) is 0 Å². The molecule has 2 N–H and O–H groups in total. The third kappa shape index (κ3) is 2.58. The number of benzene rings is 2. The normalized spacial score (nSPS) is 11.1. The molecule has 102 valence electrons. The van der Waals surface area contributed by atoms with Gasteiger partial charge in [0.2, 0.25) is 0 Å². The molecule has 0 spiro atoms. The minimum absolute atomic E-state index is 0.920. The van der Waals surface area contributed by atoms with E-state index < -0.39 is 0 Å². The maximum Gasteiger partial charge on any atom is 0.107 e. The average Bonchev–Trinajstić information content (AvgIpc) is 2.93. The van der Waals surface area contributed by atoms with E-state index >= 15 is 0 Å². The zero-order chi connectivity index (χ0) is 13.9. The summed E-state index contributed by atoms with van der Waals surface area (Å²) < 4.78 is 0. The van der Waals surface area contributed by atoms with E-state index in [2.05, 4.69) is 58.6 Å². The first-order valence-electron chi connectivity index (χ1n) is 6.95. The third-order valence-corrected chi connectivity index (χ3v) is 3.55. The Balaban J connectivity index is 1.93. The molecule has 3 aromatic rings. The van der Waals surface area contributed by atoms with Crippen LogP contribution in [0.25, 0.3) is 22.0 Å². The van der Waals surface area contributed by atoms with Gasteiger partial charge in [0.05, 0.1) is 11.9 Å². The molecule has 3 rings (SSSR count). The maximum atomic E-state index is 4.43. The number of hydrogen-bond donors (Lipinski definition) is 2. The highest BCUT2D eigenvalue weighted by molar-refractivity contribution is 5.87. The second-order valence-corrected chi connectivity index (χ2v) is 5.16. The van der Waals surface area contributed by atoms with Crippen LogP contribution in [-0.2, 0) is 6.42 Å². The van der Waals surface area contributed by atoms with Crippen molar-refractivity contribution in [3.8, 4) is 11.3 Å². The number of nitrogens with zero attached hydrogens (tertiary/aromatic N) is 1. The van der Waals surface area contributed by atoms with Crippen LogP contribution >= 0.6 is 0 Å². The van der Waals surface area contributed by atoms with E-state index in [9.17, 15) is 0 Å². The van der Waals surface area contributed by atoms with E-state index in [1.807, 2.05) is 13.2 Å². The van der Waals surface area contributed by atoms with Crippen molar-refractivity contribution in [2.75, 3.05) is 13.6 Å².